The molecule has 0 amide bonds. The first-order chi connectivity index (χ1) is 9.61. The highest BCUT2D eigenvalue weighted by molar-refractivity contribution is 9.10. The van der Waals surface area contributed by atoms with E-state index in [9.17, 15) is 0 Å². The summed E-state index contributed by atoms with van der Waals surface area (Å²) < 4.78 is 3.21. The molecule has 0 radical (unpaired) electrons. The van der Waals surface area contributed by atoms with E-state index in [0.717, 1.165) is 39.1 Å². The van der Waals surface area contributed by atoms with Crippen LogP contribution < -0.4 is 0 Å². The maximum atomic E-state index is 4.78. The van der Waals surface area contributed by atoms with Crippen LogP contribution >= 0.6 is 15.9 Å². The molecule has 0 atom stereocenters. The third kappa shape index (κ3) is 2.04. The number of rotatable bonds is 2. The van der Waals surface area contributed by atoms with Gasteiger partial charge in [0.2, 0.25) is 0 Å². The van der Waals surface area contributed by atoms with Gasteiger partial charge in [-0.3, -0.25) is 0 Å². The van der Waals surface area contributed by atoms with Gasteiger partial charge < -0.3 is 4.57 Å². The quantitative estimate of drug-likeness (QED) is 0.693. The van der Waals surface area contributed by atoms with E-state index >= 15 is 0 Å². The van der Waals surface area contributed by atoms with E-state index in [4.69, 9.17) is 4.98 Å². The van der Waals surface area contributed by atoms with Crippen LogP contribution in [0.25, 0.3) is 22.4 Å². The topological polar surface area (TPSA) is 30.7 Å². The SMILES string of the molecule is CCn1cc(Br)c2c(C)nc(-c3ccccc3C)nc21. The number of hydrogen-bond acceptors (Lipinski definition) is 2. The van der Waals surface area contributed by atoms with Gasteiger partial charge in [-0.05, 0) is 42.3 Å². The van der Waals surface area contributed by atoms with Crippen LogP contribution in [0.4, 0.5) is 0 Å². The number of aromatic nitrogens is 3. The van der Waals surface area contributed by atoms with Gasteiger partial charge >= 0.3 is 0 Å². The lowest BCUT2D eigenvalue weighted by Gasteiger charge is -2.07. The van der Waals surface area contributed by atoms with Crippen molar-refractivity contribution in [2.45, 2.75) is 27.3 Å². The molecular weight excluding hydrogens is 314 g/mol. The zero-order valence-electron chi connectivity index (χ0n) is 11.8. The Labute approximate surface area is 126 Å². The van der Waals surface area contributed by atoms with Gasteiger partial charge in [0.05, 0.1) is 11.1 Å². The zero-order valence-corrected chi connectivity index (χ0v) is 13.4. The summed E-state index contributed by atoms with van der Waals surface area (Å²) in [6, 6.07) is 8.23. The van der Waals surface area contributed by atoms with Gasteiger partial charge in [0, 0.05) is 22.8 Å². The summed E-state index contributed by atoms with van der Waals surface area (Å²) in [6.45, 7) is 7.14. The van der Waals surface area contributed by atoms with Crippen LogP contribution in [-0.2, 0) is 6.54 Å². The molecule has 0 aliphatic heterocycles. The minimum absolute atomic E-state index is 0.799. The lowest BCUT2D eigenvalue weighted by molar-refractivity contribution is 0.785. The second-order valence-electron chi connectivity index (χ2n) is 4.91. The molecule has 2 aromatic heterocycles. The molecule has 0 N–H and O–H groups in total. The highest BCUT2D eigenvalue weighted by atomic mass is 79.9. The summed E-state index contributed by atoms with van der Waals surface area (Å²) in [4.78, 5) is 9.47. The van der Waals surface area contributed by atoms with Gasteiger partial charge in [0.25, 0.3) is 0 Å². The molecule has 0 aliphatic rings. The smallest absolute Gasteiger partial charge is 0.162 e. The van der Waals surface area contributed by atoms with Gasteiger partial charge in [-0.25, -0.2) is 9.97 Å². The predicted molar refractivity (Wildman–Crippen MR) is 85.8 cm³/mol. The molecule has 0 fully saturated rings. The average molecular weight is 330 g/mol. The first-order valence-corrected chi connectivity index (χ1v) is 7.50. The number of nitrogens with zero attached hydrogens (tertiary/aromatic N) is 3. The third-order valence-corrected chi connectivity index (χ3v) is 4.18. The minimum atomic E-state index is 0.799. The van der Waals surface area contributed by atoms with Crippen LogP contribution in [0.15, 0.2) is 34.9 Å². The molecule has 0 aliphatic carbocycles. The average Bonchev–Trinajstić information content (AvgIpc) is 2.76. The van der Waals surface area contributed by atoms with Crippen molar-refractivity contribution >= 4 is 27.0 Å². The predicted octanol–water partition coefficient (Wildman–Crippen LogP) is 4.50. The Hall–Kier alpha value is -1.68. The molecule has 0 saturated heterocycles. The summed E-state index contributed by atoms with van der Waals surface area (Å²) in [5, 5.41) is 1.10. The van der Waals surface area contributed by atoms with Crippen molar-refractivity contribution in [3.63, 3.8) is 0 Å². The molecule has 1 aromatic carbocycles. The van der Waals surface area contributed by atoms with Crippen molar-refractivity contribution in [2.75, 3.05) is 0 Å². The molecule has 3 nitrogen and oxygen atoms in total. The standard InChI is InChI=1S/C16H16BrN3/c1-4-20-9-13(17)14-11(3)18-15(19-16(14)20)12-8-6-5-7-10(12)2/h5-9H,4H2,1-3H3. The Morgan fingerprint density at radius 1 is 1.15 bits per heavy atom. The van der Waals surface area contributed by atoms with Crippen molar-refractivity contribution in [3.8, 4) is 11.4 Å². The summed E-state index contributed by atoms with van der Waals surface area (Å²) in [6.07, 6.45) is 2.08. The molecule has 4 heteroatoms. The van der Waals surface area contributed by atoms with Crippen molar-refractivity contribution in [1.29, 1.82) is 0 Å². The summed E-state index contributed by atoms with van der Waals surface area (Å²) in [7, 11) is 0. The molecule has 0 saturated carbocycles. The Morgan fingerprint density at radius 3 is 2.60 bits per heavy atom. The minimum Gasteiger partial charge on any atom is -0.331 e. The zero-order chi connectivity index (χ0) is 14.3. The van der Waals surface area contributed by atoms with E-state index in [1.54, 1.807) is 0 Å². The molecule has 3 rings (SSSR count). The fourth-order valence-electron chi connectivity index (χ4n) is 2.49. The second-order valence-corrected chi connectivity index (χ2v) is 5.76. The lowest BCUT2D eigenvalue weighted by atomic mass is 10.1. The van der Waals surface area contributed by atoms with E-state index in [0.29, 0.717) is 0 Å². The van der Waals surface area contributed by atoms with E-state index < -0.39 is 0 Å². The number of benzene rings is 1. The highest BCUT2D eigenvalue weighted by Gasteiger charge is 2.14. The largest absolute Gasteiger partial charge is 0.331 e. The number of hydrogen-bond donors (Lipinski definition) is 0. The fourth-order valence-corrected chi connectivity index (χ4v) is 3.20. The van der Waals surface area contributed by atoms with Crippen molar-refractivity contribution in [2.24, 2.45) is 0 Å². The molecule has 102 valence electrons. The monoisotopic (exact) mass is 329 g/mol. The molecule has 3 aromatic rings. The molecule has 20 heavy (non-hydrogen) atoms. The maximum absolute atomic E-state index is 4.78. The van der Waals surface area contributed by atoms with Crippen LogP contribution in [0.3, 0.4) is 0 Å². The first kappa shape index (κ1) is 13.3. The highest BCUT2D eigenvalue weighted by Crippen LogP contribution is 2.30. The molecule has 0 unspecified atom stereocenters. The van der Waals surface area contributed by atoms with Gasteiger partial charge in [0.1, 0.15) is 5.65 Å². The van der Waals surface area contributed by atoms with Gasteiger partial charge in [-0.1, -0.05) is 24.3 Å². The van der Waals surface area contributed by atoms with Crippen molar-refractivity contribution in [1.82, 2.24) is 14.5 Å². The van der Waals surface area contributed by atoms with E-state index in [1.165, 1.54) is 5.56 Å². The number of fused-ring (bicyclic) bond motifs is 1. The summed E-state index contributed by atoms with van der Waals surface area (Å²) in [5.41, 5.74) is 4.29. The summed E-state index contributed by atoms with van der Waals surface area (Å²) >= 11 is 3.60. The number of aryl methyl sites for hydroxylation is 3. The van der Waals surface area contributed by atoms with Crippen LogP contribution in [0.5, 0.6) is 0 Å². The molecule has 0 bridgehead atoms. The maximum Gasteiger partial charge on any atom is 0.162 e. The van der Waals surface area contributed by atoms with E-state index in [2.05, 4.69) is 57.7 Å². The van der Waals surface area contributed by atoms with E-state index in [-0.39, 0.29) is 0 Å². The Balaban J connectivity index is 2.32. The van der Waals surface area contributed by atoms with Crippen LogP contribution in [0.1, 0.15) is 18.2 Å². The Bertz CT molecular complexity index is 790. The van der Waals surface area contributed by atoms with Crippen LogP contribution in [-0.4, -0.2) is 14.5 Å². The van der Waals surface area contributed by atoms with Crippen LogP contribution in [0, 0.1) is 13.8 Å². The second kappa shape index (κ2) is 5.02. The lowest BCUT2D eigenvalue weighted by Crippen LogP contribution is -1.99. The molecule has 0 spiro atoms. The van der Waals surface area contributed by atoms with Gasteiger partial charge in [-0.2, -0.15) is 0 Å². The Kier molecular flexibility index (Phi) is 3.34. The van der Waals surface area contributed by atoms with E-state index in [1.807, 2.05) is 19.1 Å². The van der Waals surface area contributed by atoms with Gasteiger partial charge in [-0.15, -0.1) is 0 Å². The summed E-state index contributed by atoms with van der Waals surface area (Å²) in [5.74, 6) is 0.799. The molecular formula is C16H16BrN3. The molecule has 2 heterocycles. The first-order valence-electron chi connectivity index (χ1n) is 6.70. The van der Waals surface area contributed by atoms with Gasteiger partial charge in [0.15, 0.2) is 5.82 Å². The van der Waals surface area contributed by atoms with Crippen molar-refractivity contribution in [3.05, 3.63) is 46.2 Å². The third-order valence-electron chi connectivity index (χ3n) is 3.58. The van der Waals surface area contributed by atoms with Crippen molar-refractivity contribution < 1.29 is 0 Å². The number of halogens is 1. The Morgan fingerprint density at radius 2 is 1.90 bits per heavy atom. The fraction of sp³-hybridized carbons (Fsp3) is 0.250. The van der Waals surface area contributed by atoms with Crippen LogP contribution in [0.2, 0.25) is 0 Å². The normalized spacial score (nSPS) is 11.2.